The Morgan fingerprint density at radius 2 is 2.07 bits per heavy atom. The van der Waals surface area contributed by atoms with Crippen LogP contribution < -0.4 is 5.73 Å². The van der Waals surface area contributed by atoms with Crippen molar-refractivity contribution in [3.8, 4) is 0 Å². The molecule has 15 heavy (non-hydrogen) atoms. The minimum absolute atomic E-state index is 0.0693. The minimum Gasteiger partial charge on any atom is -0.379 e. The fraction of sp³-hybridized carbons (Fsp3) is 1.00. The minimum atomic E-state index is -0.0693. The molecule has 2 nitrogen and oxygen atoms in total. The Labute approximate surface area is 94.6 Å². The summed E-state index contributed by atoms with van der Waals surface area (Å²) in [5, 5.41) is 0. The maximum atomic E-state index is 6.29. The van der Waals surface area contributed by atoms with Gasteiger partial charge in [-0.05, 0) is 44.9 Å². The summed E-state index contributed by atoms with van der Waals surface area (Å²) in [6.07, 6.45) is 6.33. The number of ether oxygens (including phenoxy) is 1. The van der Waals surface area contributed by atoms with Crippen LogP contribution >= 0.6 is 0 Å². The first-order valence-corrected chi connectivity index (χ1v) is 6.25. The first kappa shape index (κ1) is 13.0. The summed E-state index contributed by atoms with van der Waals surface area (Å²) < 4.78 is 5.45. The van der Waals surface area contributed by atoms with Crippen LogP contribution in [0.4, 0.5) is 0 Å². The van der Waals surface area contributed by atoms with Crippen molar-refractivity contribution in [2.24, 2.45) is 17.6 Å². The average molecular weight is 213 g/mol. The van der Waals surface area contributed by atoms with Crippen LogP contribution in [-0.4, -0.2) is 18.8 Å². The van der Waals surface area contributed by atoms with E-state index in [4.69, 9.17) is 10.5 Å². The van der Waals surface area contributed by atoms with Gasteiger partial charge in [0.15, 0.2) is 0 Å². The van der Waals surface area contributed by atoms with E-state index in [2.05, 4.69) is 20.8 Å². The van der Waals surface area contributed by atoms with E-state index in [9.17, 15) is 0 Å². The molecule has 0 spiro atoms. The van der Waals surface area contributed by atoms with Crippen LogP contribution in [0, 0.1) is 11.8 Å². The number of hydrogen-bond donors (Lipinski definition) is 1. The molecule has 1 saturated carbocycles. The molecular formula is C13H27NO. The normalized spacial score (nSPS) is 30.2. The lowest BCUT2D eigenvalue weighted by atomic mass is 9.76. The maximum Gasteiger partial charge on any atom is 0.0637 e. The van der Waals surface area contributed by atoms with Crippen molar-refractivity contribution in [1.29, 1.82) is 0 Å². The van der Waals surface area contributed by atoms with Crippen molar-refractivity contribution >= 4 is 0 Å². The Hall–Kier alpha value is -0.0800. The molecule has 0 aromatic carbocycles. The van der Waals surface area contributed by atoms with Gasteiger partial charge in [0, 0.05) is 13.2 Å². The van der Waals surface area contributed by atoms with Crippen molar-refractivity contribution in [3.05, 3.63) is 0 Å². The van der Waals surface area contributed by atoms with E-state index in [0.717, 1.165) is 12.3 Å². The third-order valence-electron chi connectivity index (χ3n) is 3.86. The highest BCUT2D eigenvalue weighted by Gasteiger charge is 2.29. The van der Waals surface area contributed by atoms with Gasteiger partial charge in [0.2, 0.25) is 0 Å². The highest BCUT2D eigenvalue weighted by Crippen LogP contribution is 2.32. The number of hydrogen-bond acceptors (Lipinski definition) is 2. The van der Waals surface area contributed by atoms with Crippen LogP contribution in [0.25, 0.3) is 0 Å². The lowest BCUT2D eigenvalue weighted by molar-refractivity contribution is 0.00276. The summed E-state index contributed by atoms with van der Waals surface area (Å²) in [6, 6.07) is 0.308. The predicted molar refractivity (Wildman–Crippen MR) is 64.8 cm³/mol. The van der Waals surface area contributed by atoms with Crippen LogP contribution in [0.15, 0.2) is 0 Å². The molecule has 1 aliphatic rings. The molecular weight excluding hydrogens is 186 g/mol. The summed E-state index contributed by atoms with van der Waals surface area (Å²) in [5.74, 6) is 1.57. The molecule has 0 bridgehead atoms. The molecule has 1 aliphatic carbocycles. The molecule has 90 valence electrons. The second-order valence-corrected chi connectivity index (χ2v) is 5.86. The summed E-state index contributed by atoms with van der Waals surface area (Å²) in [7, 11) is 1.77. The van der Waals surface area contributed by atoms with Gasteiger partial charge >= 0.3 is 0 Å². The molecule has 0 aromatic heterocycles. The second kappa shape index (κ2) is 5.31. The second-order valence-electron chi connectivity index (χ2n) is 5.86. The van der Waals surface area contributed by atoms with Gasteiger partial charge in [-0.2, -0.15) is 0 Å². The first-order valence-electron chi connectivity index (χ1n) is 6.25. The lowest BCUT2D eigenvalue weighted by Gasteiger charge is -2.35. The quantitative estimate of drug-likeness (QED) is 0.779. The van der Waals surface area contributed by atoms with Crippen LogP contribution in [0.3, 0.4) is 0 Å². The maximum absolute atomic E-state index is 6.29. The summed E-state index contributed by atoms with van der Waals surface area (Å²) >= 11 is 0. The molecule has 1 rings (SSSR count). The van der Waals surface area contributed by atoms with Gasteiger partial charge in [0.25, 0.3) is 0 Å². The van der Waals surface area contributed by atoms with Gasteiger partial charge in [0.05, 0.1) is 5.60 Å². The van der Waals surface area contributed by atoms with Crippen molar-refractivity contribution in [2.45, 2.75) is 64.5 Å². The third kappa shape index (κ3) is 4.12. The lowest BCUT2D eigenvalue weighted by Crippen LogP contribution is -2.40. The molecule has 0 amide bonds. The molecule has 0 aromatic rings. The topological polar surface area (TPSA) is 35.2 Å². The molecule has 0 saturated heterocycles. The van der Waals surface area contributed by atoms with E-state index in [-0.39, 0.29) is 5.60 Å². The molecule has 3 unspecified atom stereocenters. The van der Waals surface area contributed by atoms with E-state index in [0.29, 0.717) is 12.0 Å². The van der Waals surface area contributed by atoms with Crippen LogP contribution in [0.1, 0.15) is 52.9 Å². The zero-order valence-corrected chi connectivity index (χ0v) is 10.8. The largest absolute Gasteiger partial charge is 0.379 e. The summed E-state index contributed by atoms with van der Waals surface area (Å²) in [6.45, 7) is 6.60. The van der Waals surface area contributed by atoms with Crippen LogP contribution in [0.2, 0.25) is 0 Å². The molecule has 2 heteroatoms. The van der Waals surface area contributed by atoms with Gasteiger partial charge in [0.1, 0.15) is 0 Å². The SMILES string of the molecule is COC(C)(C)CC(N)C1CCCC(C)C1. The molecule has 0 aliphatic heterocycles. The number of methoxy groups -OCH3 is 1. The van der Waals surface area contributed by atoms with E-state index in [1.165, 1.54) is 25.7 Å². The van der Waals surface area contributed by atoms with Gasteiger partial charge in [-0.15, -0.1) is 0 Å². The van der Waals surface area contributed by atoms with Crippen molar-refractivity contribution in [3.63, 3.8) is 0 Å². The number of rotatable bonds is 4. The Morgan fingerprint density at radius 1 is 1.40 bits per heavy atom. The smallest absolute Gasteiger partial charge is 0.0637 e. The fourth-order valence-electron chi connectivity index (χ4n) is 2.69. The van der Waals surface area contributed by atoms with Gasteiger partial charge in [-0.25, -0.2) is 0 Å². The molecule has 1 fully saturated rings. The van der Waals surface area contributed by atoms with Gasteiger partial charge in [-0.3, -0.25) is 0 Å². The monoisotopic (exact) mass is 213 g/mol. The Morgan fingerprint density at radius 3 is 2.60 bits per heavy atom. The van der Waals surface area contributed by atoms with Crippen molar-refractivity contribution in [1.82, 2.24) is 0 Å². The average Bonchev–Trinajstić information content (AvgIpc) is 2.17. The zero-order chi connectivity index (χ0) is 11.5. The van der Waals surface area contributed by atoms with Crippen LogP contribution in [0.5, 0.6) is 0 Å². The standard InChI is InChI=1S/C13H27NO/c1-10-6-5-7-11(8-10)12(14)9-13(2,3)15-4/h10-12H,5-9,14H2,1-4H3. The van der Waals surface area contributed by atoms with Crippen LogP contribution in [-0.2, 0) is 4.74 Å². The fourth-order valence-corrected chi connectivity index (χ4v) is 2.69. The van der Waals surface area contributed by atoms with Gasteiger partial charge in [-0.1, -0.05) is 19.8 Å². The zero-order valence-electron chi connectivity index (χ0n) is 10.8. The van der Waals surface area contributed by atoms with E-state index in [1.54, 1.807) is 7.11 Å². The van der Waals surface area contributed by atoms with E-state index >= 15 is 0 Å². The van der Waals surface area contributed by atoms with E-state index in [1.807, 2.05) is 0 Å². The summed E-state index contributed by atoms with van der Waals surface area (Å²) in [4.78, 5) is 0. The van der Waals surface area contributed by atoms with E-state index < -0.39 is 0 Å². The first-order chi connectivity index (χ1) is 6.94. The third-order valence-corrected chi connectivity index (χ3v) is 3.86. The number of nitrogens with two attached hydrogens (primary N) is 1. The van der Waals surface area contributed by atoms with Crippen molar-refractivity contribution in [2.75, 3.05) is 7.11 Å². The summed E-state index contributed by atoms with van der Waals surface area (Å²) in [5.41, 5.74) is 6.22. The molecule has 3 atom stereocenters. The Kier molecular flexibility index (Phi) is 4.60. The molecule has 2 N–H and O–H groups in total. The predicted octanol–water partition coefficient (Wildman–Crippen LogP) is 2.96. The molecule has 0 heterocycles. The molecule has 0 radical (unpaired) electrons. The Bertz CT molecular complexity index is 191. The highest BCUT2D eigenvalue weighted by atomic mass is 16.5. The Balaban J connectivity index is 2.42. The highest BCUT2D eigenvalue weighted by molar-refractivity contribution is 4.84. The van der Waals surface area contributed by atoms with Crippen molar-refractivity contribution < 1.29 is 4.74 Å². The van der Waals surface area contributed by atoms with Gasteiger partial charge < -0.3 is 10.5 Å².